The summed E-state index contributed by atoms with van der Waals surface area (Å²) in [5, 5.41) is 5.75. The van der Waals surface area contributed by atoms with Crippen LogP contribution in [-0.4, -0.2) is 23.9 Å². The monoisotopic (exact) mass is 363 g/mol. The molecule has 1 aromatic carbocycles. The highest BCUT2D eigenvalue weighted by Gasteiger charge is 2.41. The molecule has 4 N–H and O–H groups in total. The third-order valence-corrected chi connectivity index (χ3v) is 4.43. The molecule has 25 heavy (non-hydrogen) atoms. The van der Waals surface area contributed by atoms with Crippen LogP contribution in [0.3, 0.4) is 0 Å². The van der Waals surface area contributed by atoms with Crippen LogP contribution < -0.4 is 16.4 Å². The number of amides is 2. The Morgan fingerprint density at radius 2 is 2.00 bits per heavy atom. The van der Waals surface area contributed by atoms with Gasteiger partial charge in [0.2, 0.25) is 0 Å². The van der Waals surface area contributed by atoms with Gasteiger partial charge in [-0.2, -0.15) is 0 Å². The van der Waals surface area contributed by atoms with E-state index in [9.17, 15) is 9.59 Å². The van der Waals surface area contributed by atoms with Gasteiger partial charge in [0.05, 0.1) is 11.8 Å². The van der Waals surface area contributed by atoms with Gasteiger partial charge in [-0.05, 0) is 56.0 Å². The maximum absolute atomic E-state index is 12.5. The van der Waals surface area contributed by atoms with E-state index in [1.807, 2.05) is 6.92 Å². The van der Waals surface area contributed by atoms with Crippen LogP contribution in [-0.2, 0) is 0 Å². The van der Waals surface area contributed by atoms with Crippen LogP contribution in [0.5, 0.6) is 0 Å². The summed E-state index contributed by atoms with van der Waals surface area (Å²) in [5.41, 5.74) is 6.47. The molecule has 0 spiro atoms. The van der Waals surface area contributed by atoms with E-state index in [0.717, 1.165) is 12.8 Å². The number of halogens is 1. The number of furan rings is 1. The average Bonchev–Trinajstić information content (AvgIpc) is 3.30. The SMILES string of the molecule is CC(CN)(NC(=O)c1cccc(NC(=O)c2ccco2)c1)C1CC1.Cl. The highest BCUT2D eigenvalue weighted by Crippen LogP contribution is 2.39. The number of hydrogen-bond donors (Lipinski definition) is 3. The van der Waals surface area contributed by atoms with Crippen LogP contribution in [0.1, 0.15) is 40.7 Å². The van der Waals surface area contributed by atoms with Gasteiger partial charge in [-0.15, -0.1) is 12.4 Å². The number of anilines is 1. The normalized spacial score (nSPS) is 15.6. The molecule has 0 bridgehead atoms. The van der Waals surface area contributed by atoms with Gasteiger partial charge in [0.15, 0.2) is 5.76 Å². The molecular weight excluding hydrogens is 342 g/mol. The Balaban J connectivity index is 0.00000225. The topological polar surface area (TPSA) is 97.4 Å². The number of nitrogens with one attached hydrogen (secondary N) is 2. The van der Waals surface area contributed by atoms with E-state index in [-0.39, 0.29) is 35.5 Å². The van der Waals surface area contributed by atoms with Crippen molar-refractivity contribution in [3.05, 3.63) is 54.0 Å². The first kappa shape index (κ1) is 19.0. The van der Waals surface area contributed by atoms with Crippen molar-refractivity contribution in [2.75, 3.05) is 11.9 Å². The number of carbonyl (C=O) groups is 2. The van der Waals surface area contributed by atoms with Crippen LogP contribution in [0.25, 0.3) is 0 Å². The minimum atomic E-state index is -0.384. The predicted octanol–water partition coefficient (Wildman–Crippen LogP) is 2.81. The van der Waals surface area contributed by atoms with Gasteiger partial charge in [0.25, 0.3) is 11.8 Å². The molecule has 6 nitrogen and oxygen atoms in total. The minimum absolute atomic E-state index is 0. The quantitative estimate of drug-likeness (QED) is 0.735. The summed E-state index contributed by atoms with van der Waals surface area (Å²) in [6.45, 7) is 2.38. The first-order valence-electron chi connectivity index (χ1n) is 7.99. The Morgan fingerprint density at radius 3 is 2.60 bits per heavy atom. The van der Waals surface area contributed by atoms with Crippen molar-refractivity contribution in [3.63, 3.8) is 0 Å². The van der Waals surface area contributed by atoms with E-state index in [1.165, 1.54) is 6.26 Å². The summed E-state index contributed by atoms with van der Waals surface area (Å²) in [4.78, 5) is 24.5. The van der Waals surface area contributed by atoms with Gasteiger partial charge >= 0.3 is 0 Å². The summed E-state index contributed by atoms with van der Waals surface area (Å²) in [6.07, 6.45) is 3.62. The minimum Gasteiger partial charge on any atom is -0.459 e. The van der Waals surface area contributed by atoms with Gasteiger partial charge in [-0.3, -0.25) is 9.59 Å². The van der Waals surface area contributed by atoms with Gasteiger partial charge < -0.3 is 20.8 Å². The Hall–Kier alpha value is -2.31. The van der Waals surface area contributed by atoms with Gasteiger partial charge in [0.1, 0.15) is 0 Å². The molecule has 1 atom stereocenters. The van der Waals surface area contributed by atoms with Crippen molar-refractivity contribution < 1.29 is 14.0 Å². The second-order valence-electron chi connectivity index (χ2n) is 6.36. The van der Waals surface area contributed by atoms with Crippen LogP contribution in [0.2, 0.25) is 0 Å². The van der Waals surface area contributed by atoms with Gasteiger partial charge in [0, 0.05) is 17.8 Å². The van der Waals surface area contributed by atoms with Gasteiger partial charge in [-0.25, -0.2) is 0 Å². The smallest absolute Gasteiger partial charge is 0.291 e. The Kier molecular flexibility index (Phi) is 5.87. The summed E-state index contributed by atoms with van der Waals surface area (Å²) in [5.74, 6) is 0.105. The van der Waals surface area contributed by atoms with E-state index in [4.69, 9.17) is 10.2 Å². The molecule has 2 amide bonds. The molecule has 0 saturated heterocycles. The second-order valence-corrected chi connectivity index (χ2v) is 6.36. The third kappa shape index (κ3) is 4.41. The Bertz CT molecular complexity index is 744. The molecule has 2 aromatic rings. The molecule has 1 heterocycles. The number of hydrogen-bond acceptors (Lipinski definition) is 4. The lowest BCUT2D eigenvalue weighted by Gasteiger charge is -2.29. The summed E-state index contributed by atoms with van der Waals surface area (Å²) in [6, 6.07) is 10.0. The fourth-order valence-electron chi connectivity index (χ4n) is 2.71. The predicted molar refractivity (Wildman–Crippen MR) is 98.0 cm³/mol. The summed E-state index contributed by atoms with van der Waals surface area (Å²) >= 11 is 0. The molecule has 1 unspecified atom stereocenters. The lowest BCUT2D eigenvalue weighted by Crippen LogP contribution is -2.53. The van der Waals surface area contributed by atoms with Crippen LogP contribution in [0, 0.1) is 5.92 Å². The van der Waals surface area contributed by atoms with Crippen molar-refractivity contribution in [1.82, 2.24) is 5.32 Å². The molecule has 1 saturated carbocycles. The van der Waals surface area contributed by atoms with Crippen LogP contribution >= 0.6 is 12.4 Å². The molecule has 0 radical (unpaired) electrons. The lowest BCUT2D eigenvalue weighted by molar-refractivity contribution is 0.0897. The summed E-state index contributed by atoms with van der Waals surface area (Å²) < 4.78 is 5.05. The van der Waals surface area contributed by atoms with E-state index >= 15 is 0 Å². The van der Waals surface area contributed by atoms with Crippen molar-refractivity contribution >= 4 is 29.9 Å². The highest BCUT2D eigenvalue weighted by atomic mass is 35.5. The Morgan fingerprint density at radius 1 is 1.24 bits per heavy atom. The maximum Gasteiger partial charge on any atom is 0.291 e. The molecule has 3 rings (SSSR count). The van der Waals surface area contributed by atoms with E-state index in [2.05, 4.69) is 10.6 Å². The second kappa shape index (κ2) is 7.72. The Labute approximate surface area is 152 Å². The molecule has 1 aliphatic carbocycles. The zero-order chi connectivity index (χ0) is 17.2. The number of rotatable bonds is 6. The first-order valence-corrected chi connectivity index (χ1v) is 7.99. The largest absolute Gasteiger partial charge is 0.459 e. The third-order valence-electron chi connectivity index (χ3n) is 4.43. The molecule has 134 valence electrons. The van der Waals surface area contributed by atoms with Gasteiger partial charge in [-0.1, -0.05) is 6.07 Å². The number of carbonyl (C=O) groups excluding carboxylic acids is 2. The summed E-state index contributed by atoms with van der Waals surface area (Å²) in [7, 11) is 0. The fraction of sp³-hybridized carbons (Fsp3) is 0.333. The molecular formula is C18H22ClN3O3. The molecule has 0 aliphatic heterocycles. The van der Waals surface area contributed by atoms with Crippen LogP contribution in [0.4, 0.5) is 5.69 Å². The molecule has 1 aliphatic rings. The number of benzene rings is 1. The van der Waals surface area contributed by atoms with Crippen molar-refractivity contribution in [2.45, 2.75) is 25.3 Å². The lowest BCUT2D eigenvalue weighted by atomic mass is 9.95. The van der Waals surface area contributed by atoms with Crippen LogP contribution in [0.15, 0.2) is 47.1 Å². The zero-order valence-electron chi connectivity index (χ0n) is 14.0. The maximum atomic E-state index is 12.5. The zero-order valence-corrected chi connectivity index (χ0v) is 14.8. The average molecular weight is 364 g/mol. The van der Waals surface area contributed by atoms with Crippen molar-refractivity contribution in [1.29, 1.82) is 0 Å². The van der Waals surface area contributed by atoms with Crippen molar-refractivity contribution in [3.8, 4) is 0 Å². The van der Waals surface area contributed by atoms with E-state index in [1.54, 1.807) is 36.4 Å². The molecule has 1 fully saturated rings. The highest BCUT2D eigenvalue weighted by molar-refractivity contribution is 6.03. The standard InChI is InChI=1S/C18H21N3O3.ClH/c1-18(11-19,13-7-8-13)21-16(22)12-4-2-5-14(10-12)20-17(23)15-6-3-9-24-15;/h2-6,9-10,13H,7-8,11,19H2,1H3,(H,20,23)(H,21,22);1H. The van der Waals surface area contributed by atoms with E-state index in [0.29, 0.717) is 23.7 Å². The fourth-order valence-corrected chi connectivity index (χ4v) is 2.71. The molecule has 1 aromatic heterocycles. The number of nitrogens with two attached hydrogens (primary N) is 1. The van der Waals surface area contributed by atoms with E-state index < -0.39 is 0 Å². The first-order chi connectivity index (χ1) is 11.5. The molecule has 7 heteroatoms. The van der Waals surface area contributed by atoms with Crippen molar-refractivity contribution in [2.24, 2.45) is 11.7 Å².